The number of aryl methyl sites for hydroxylation is 1. The van der Waals surface area contributed by atoms with Crippen LogP contribution < -0.4 is 20.3 Å². The third-order valence-corrected chi connectivity index (χ3v) is 4.07. The summed E-state index contributed by atoms with van der Waals surface area (Å²) in [5.74, 6) is 0.949. The number of hydrogen-bond acceptors (Lipinski definition) is 4. The molecule has 1 N–H and O–H groups in total. The van der Waals surface area contributed by atoms with Crippen LogP contribution in [0.5, 0.6) is 11.5 Å². The molecule has 118 valence electrons. The molecular weight excluding hydrogens is 296 g/mol. The number of ether oxygens (including phenoxy) is 2. The van der Waals surface area contributed by atoms with Crippen molar-refractivity contribution >= 4 is 5.91 Å². The lowest BCUT2D eigenvalue weighted by Crippen LogP contribution is -2.34. The Morgan fingerprint density at radius 3 is 2.78 bits per heavy atom. The summed E-state index contributed by atoms with van der Waals surface area (Å²) in [6, 6.07) is 7.25. The zero-order chi connectivity index (χ0) is 16.0. The summed E-state index contributed by atoms with van der Waals surface area (Å²) in [5.41, 5.74) is 1.17. The third-order valence-electron chi connectivity index (χ3n) is 4.07. The van der Waals surface area contributed by atoms with Crippen LogP contribution in [0.1, 0.15) is 28.8 Å². The minimum atomic E-state index is -0.331. The first-order valence-electron chi connectivity index (χ1n) is 7.56. The smallest absolute Gasteiger partial charge is 0.268 e. The van der Waals surface area contributed by atoms with Gasteiger partial charge in [0.05, 0.1) is 5.69 Å². The first-order valence-corrected chi connectivity index (χ1v) is 7.56. The van der Waals surface area contributed by atoms with Gasteiger partial charge in [0, 0.05) is 18.3 Å². The molecule has 6 nitrogen and oxygen atoms in total. The number of pyridine rings is 1. The van der Waals surface area contributed by atoms with E-state index in [4.69, 9.17) is 9.47 Å². The molecule has 4 rings (SSSR count). The van der Waals surface area contributed by atoms with Gasteiger partial charge in [-0.05, 0) is 43.5 Å². The minimum Gasteiger partial charge on any atom is -0.454 e. The summed E-state index contributed by atoms with van der Waals surface area (Å²) >= 11 is 0. The van der Waals surface area contributed by atoms with Crippen molar-refractivity contribution in [3.8, 4) is 17.2 Å². The number of rotatable bonds is 3. The van der Waals surface area contributed by atoms with Crippen molar-refractivity contribution in [3.63, 3.8) is 0 Å². The average Bonchev–Trinajstić information content (AvgIpc) is 3.21. The molecule has 1 aromatic carbocycles. The summed E-state index contributed by atoms with van der Waals surface area (Å²) in [7, 11) is 0. The molecule has 2 aliphatic rings. The molecular formula is C17H16N2O4. The van der Waals surface area contributed by atoms with Crippen molar-refractivity contribution in [2.75, 3.05) is 6.79 Å². The average molecular weight is 312 g/mol. The van der Waals surface area contributed by atoms with Crippen molar-refractivity contribution in [2.45, 2.75) is 25.8 Å². The van der Waals surface area contributed by atoms with Crippen LogP contribution in [0.15, 0.2) is 35.3 Å². The number of carbonyl (C=O) groups excluding carboxylic acids is 1. The molecule has 0 bridgehead atoms. The summed E-state index contributed by atoms with van der Waals surface area (Å²) in [5, 5.41) is 2.88. The molecule has 2 aromatic rings. The van der Waals surface area contributed by atoms with Crippen LogP contribution in [-0.2, 0) is 0 Å². The molecule has 2 heterocycles. The number of nitrogens with zero attached hydrogens (tertiary/aromatic N) is 1. The molecule has 0 unspecified atom stereocenters. The third kappa shape index (κ3) is 2.46. The highest BCUT2D eigenvalue weighted by Gasteiger charge is 2.26. The van der Waals surface area contributed by atoms with Crippen molar-refractivity contribution in [3.05, 3.63) is 51.9 Å². The largest absolute Gasteiger partial charge is 0.454 e. The number of aromatic nitrogens is 1. The van der Waals surface area contributed by atoms with Crippen LogP contribution in [0.4, 0.5) is 0 Å². The summed E-state index contributed by atoms with van der Waals surface area (Å²) in [4.78, 5) is 25.1. The first-order chi connectivity index (χ1) is 11.1. The maximum atomic E-state index is 12.8. The van der Waals surface area contributed by atoms with E-state index >= 15 is 0 Å². The highest BCUT2D eigenvalue weighted by Crippen LogP contribution is 2.33. The van der Waals surface area contributed by atoms with Gasteiger partial charge >= 0.3 is 0 Å². The number of carbonyl (C=O) groups is 1. The Morgan fingerprint density at radius 1 is 1.22 bits per heavy atom. The summed E-state index contributed by atoms with van der Waals surface area (Å²) < 4.78 is 12.1. The number of benzene rings is 1. The van der Waals surface area contributed by atoms with E-state index in [0.717, 1.165) is 12.8 Å². The van der Waals surface area contributed by atoms with E-state index in [1.165, 1.54) is 4.57 Å². The maximum Gasteiger partial charge on any atom is 0.268 e. The van der Waals surface area contributed by atoms with Gasteiger partial charge in [0.2, 0.25) is 6.79 Å². The van der Waals surface area contributed by atoms with Gasteiger partial charge in [0.25, 0.3) is 11.5 Å². The minimum absolute atomic E-state index is 0.177. The zero-order valence-corrected chi connectivity index (χ0v) is 12.7. The lowest BCUT2D eigenvalue weighted by molar-refractivity contribution is 0.0948. The Morgan fingerprint density at radius 2 is 2.00 bits per heavy atom. The molecule has 0 radical (unpaired) electrons. The van der Waals surface area contributed by atoms with Gasteiger partial charge in [-0.2, -0.15) is 0 Å². The van der Waals surface area contributed by atoms with E-state index in [-0.39, 0.29) is 29.9 Å². The Kier molecular flexibility index (Phi) is 3.11. The van der Waals surface area contributed by atoms with Gasteiger partial charge in [-0.25, -0.2) is 0 Å². The van der Waals surface area contributed by atoms with Crippen molar-refractivity contribution in [1.29, 1.82) is 0 Å². The van der Waals surface area contributed by atoms with Crippen LogP contribution in [0.25, 0.3) is 5.69 Å². The predicted octanol–water partition coefficient (Wildman–Crippen LogP) is 1.77. The molecule has 1 aliphatic heterocycles. The Balaban J connectivity index is 1.77. The number of hydrogen-bond donors (Lipinski definition) is 1. The summed E-state index contributed by atoms with van der Waals surface area (Å²) in [6.07, 6.45) is 3.63. The van der Waals surface area contributed by atoms with Gasteiger partial charge in [0.15, 0.2) is 11.5 Å². The second-order valence-electron chi connectivity index (χ2n) is 5.83. The SMILES string of the molecule is Cc1ccn(-c2ccc3c(c2)OCO3)c(=O)c1C(=O)NC1CC1. The number of fused-ring (bicyclic) bond motifs is 1. The van der Waals surface area contributed by atoms with Crippen LogP contribution >= 0.6 is 0 Å². The highest BCUT2D eigenvalue weighted by atomic mass is 16.7. The molecule has 1 amide bonds. The lowest BCUT2D eigenvalue weighted by Gasteiger charge is -2.11. The molecule has 1 fully saturated rings. The Hall–Kier alpha value is -2.76. The predicted molar refractivity (Wildman–Crippen MR) is 83.4 cm³/mol. The molecule has 1 aliphatic carbocycles. The lowest BCUT2D eigenvalue weighted by atomic mass is 10.1. The van der Waals surface area contributed by atoms with Crippen LogP contribution in [0.3, 0.4) is 0 Å². The molecule has 1 aromatic heterocycles. The maximum absolute atomic E-state index is 12.8. The van der Waals surface area contributed by atoms with Crippen molar-refractivity contribution in [2.24, 2.45) is 0 Å². The normalized spacial score (nSPS) is 15.5. The van der Waals surface area contributed by atoms with Gasteiger partial charge < -0.3 is 14.8 Å². The molecule has 0 spiro atoms. The van der Waals surface area contributed by atoms with Gasteiger partial charge in [-0.1, -0.05) is 0 Å². The van der Waals surface area contributed by atoms with Crippen LogP contribution in [-0.4, -0.2) is 23.3 Å². The van der Waals surface area contributed by atoms with Gasteiger partial charge in [-0.15, -0.1) is 0 Å². The fourth-order valence-electron chi connectivity index (χ4n) is 2.63. The second-order valence-corrected chi connectivity index (χ2v) is 5.83. The van der Waals surface area contributed by atoms with E-state index in [1.807, 2.05) is 0 Å². The van der Waals surface area contributed by atoms with E-state index in [2.05, 4.69) is 5.32 Å². The first kappa shape index (κ1) is 13.9. The monoisotopic (exact) mass is 312 g/mol. The summed E-state index contributed by atoms with van der Waals surface area (Å²) in [6.45, 7) is 1.95. The second kappa shape index (κ2) is 5.15. The van der Waals surface area contributed by atoms with Crippen molar-refractivity contribution < 1.29 is 14.3 Å². The fourth-order valence-corrected chi connectivity index (χ4v) is 2.63. The quantitative estimate of drug-likeness (QED) is 0.938. The number of amides is 1. The molecule has 23 heavy (non-hydrogen) atoms. The van der Waals surface area contributed by atoms with Crippen molar-refractivity contribution in [1.82, 2.24) is 9.88 Å². The molecule has 6 heteroatoms. The zero-order valence-electron chi connectivity index (χ0n) is 12.7. The van der Waals surface area contributed by atoms with Crippen LogP contribution in [0, 0.1) is 6.92 Å². The standard InChI is InChI=1S/C17H16N2O4/c1-10-6-7-19(12-4-5-13-14(8-12)23-9-22-13)17(21)15(10)16(20)18-11-2-3-11/h4-8,11H,2-3,9H2,1H3,(H,18,20). The fraction of sp³-hybridized carbons (Fsp3) is 0.294. The van der Waals surface area contributed by atoms with E-state index in [0.29, 0.717) is 22.7 Å². The molecule has 0 atom stereocenters. The van der Waals surface area contributed by atoms with E-state index < -0.39 is 0 Å². The molecule has 1 saturated carbocycles. The number of nitrogens with one attached hydrogen (secondary N) is 1. The molecule has 0 saturated heterocycles. The van der Waals surface area contributed by atoms with E-state index in [9.17, 15) is 9.59 Å². The van der Waals surface area contributed by atoms with Gasteiger partial charge in [-0.3, -0.25) is 14.2 Å². The highest BCUT2D eigenvalue weighted by molar-refractivity contribution is 5.95. The topological polar surface area (TPSA) is 69.6 Å². The Labute approximate surface area is 132 Å². The Bertz CT molecular complexity index is 852. The van der Waals surface area contributed by atoms with Crippen LogP contribution in [0.2, 0.25) is 0 Å². The van der Waals surface area contributed by atoms with Gasteiger partial charge in [0.1, 0.15) is 5.56 Å². The van der Waals surface area contributed by atoms with E-state index in [1.54, 1.807) is 37.4 Å².